The van der Waals surface area contributed by atoms with E-state index >= 15 is 0 Å². The Kier molecular flexibility index (Phi) is 4.19. The first-order valence-corrected chi connectivity index (χ1v) is 8.96. The summed E-state index contributed by atoms with van der Waals surface area (Å²) < 4.78 is 14.5. The first-order valence-electron chi connectivity index (χ1n) is 8.96. The summed E-state index contributed by atoms with van der Waals surface area (Å²) in [6, 6.07) is 12.9. The lowest BCUT2D eigenvalue weighted by molar-refractivity contribution is 0.311. The van der Waals surface area contributed by atoms with Crippen molar-refractivity contribution in [3.05, 3.63) is 71.9 Å². The molecule has 1 aliphatic rings. The maximum atomic E-state index is 14.5. The Hall–Kier alpha value is -2.75. The van der Waals surface area contributed by atoms with E-state index in [0.29, 0.717) is 11.3 Å². The van der Waals surface area contributed by atoms with Gasteiger partial charge >= 0.3 is 0 Å². The van der Waals surface area contributed by atoms with E-state index in [1.807, 2.05) is 18.2 Å². The van der Waals surface area contributed by atoms with Gasteiger partial charge in [-0.2, -0.15) is 0 Å². The molecule has 2 heterocycles. The zero-order valence-corrected chi connectivity index (χ0v) is 15.1. The molecule has 0 saturated carbocycles. The Bertz CT molecular complexity index is 935. The Morgan fingerprint density at radius 1 is 1.12 bits per heavy atom. The first kappa shape index (κ1) is 16.7. The third-order valence-electron chi connectivity index (χ3n) is 5.00. The van der Waals surface area contributed by atoms with Crippen LogP contribution in [-0.2, 0) is 12.8 Å². The zero-order chi connectivity index (χ0) is 18.1. The number of benzene rings is 1. The van der Waals surface area contributed by atoms with Crippen LogP contribution in [0.5, 0.6) is 0 Å². The average Bonchev–Trinajstić information content (AvgIpc) is 2.61. The van der Waals surface area contributed by atoms with Crippen LogP contribution in [-0.4, -0.2) is 9.97 Å². The van der Waals surface area contributed by atoms with Gasteiger partial charge in [-0.15, -0.1) is 0 Å². The molecule has 132 valence electrons. The molecule has 1 aromatic carbocycles. The third kappa shape index (κ3) is 3.45. The number of nitrogens with zero attached hydrogens (tertiary/aromatic N) is 2. The topological polar surface area (TPSA) is 37.8 Å². The highest BCUT2D eigenvalue weighted by Crippen LogP contribution is 2.34. The summed E-state index contributed by atoms with van der Waals surface area (Å²) in [5.74, 6) is 0.483. The standard InChI is InChI=1S/C22H22FN3/c1-22(2)10-9-15-5-8-21(26-20(15)13-22)25-17-6-7-18(19(23)12-17)16-4-3-11-24-14-16/h3-8,11-12,14H,9-10,13H2,1-2H3,(H,25,26). The second-order valence-electron chi connectivity index (χ2n) is 7.70. The Morgan fingerprint density at radius 3 is 2.77 bits per heavy atom. The van der Waals surface area contributed by atoms with Gasteiger partial charge in [0.25, 0.3) is 0 Å². The lowest BCUT2D eigenvalue weighted by Crippen LogP contribution is -2.23. The molecule has 3 nitrogen and oxygen atoms in total. The highest BCUT2D eigenvalue weighted by Gasteiger charge is 2.26. The molecule has 1 aliphatic carbocycles. The fourth-order valence-corrected chi connectivity index (χ4v) is 3.49. The largest absolute Gasteiger partial charge is 0.340 e. The van der Waals surface area contributed by atoms with Crippen LogP contribution in [0.15, 0.2) is 54.9 Å². The van der Waals surface area contributed by atoms with E-state index in [-0.39, 0.29) is 11.2 Å². The van der Waals surface area contributed by atoms with Gasteiger partial charge in [0.15, 0.2) is 0 Å². The van der Waals surface area contributed by atoms with Crippen molar-refractivity contribution in [3.8, 4) is 11.1 Å². The molecule has 1 N–H and O–H groups in total. The predicted molar refractivity (Wildman–Crippen MR) is 103 cm³/mol. The number of hydrogen-bond acceptors (Lipinski definition) is 3. The van der Waals surface area contributed by atoms with Gasteiger partial charge in [0.2, 0.25) is 0 Å². The number of nitrogens with one attached hydrogen (secondary N) is 1. The Morgan fingerprint density at radius 2 is 2.00 bits per heavy atom. The minimum Gasteiger partial charge on any atom is -0.340 e. The fourth-order valence-electron chi connectivity index (χ4n) is 3.49. The third-order valence-corrected chi connectivity index (χ3v) is 5.00. The molecule has 0 bridgehead atoms. The second-order valence-corrected chi connectivity index (χ2v) is 7.70. The van der Waals surface area contributed by atoms with Crippen molar-refractivity contribution < 1.29 is 4.39 Å². The van der Waals surface area contributed by atoms with Crippen molar-refractivity contribution in [2.75, 3.05) is 5.32 Å². The van der Waals surface area contributed by atoms with Crippen molar-refractivity contribution in [2.45, 2.75) is 33.1 Å². The van der Waals surface area contributed by atoms with Crippen LogP contribution in [0.2, 0.25) is 0 Å². The van der Waals surface area contributed by atoms with E-state index in [1.165, 1.54) is 18.1 Å². The van der Waals surface area contributed by atoms with Crippen molar-refractivity contribution in [2.24, 2.45) is 5.41 Å². The van der Waals surface area contributed by atoms with Crippen molar-refractivity contribution in [1.29, 1.82) is 0 Å². The number of aryl methyl sites for hydroxylation is 1. The lowest BCUT2D eigenvalue weighted by atomic mass is 9.76. The summed E-state index contributed by atoms with van der Waals surface area (Å²) in [5, 5.41) is 3.23. The molecule has 0 amide bonds. The number of aromatic nitrogens is 2. The van der Waals surface area contributed by atoms with Crippen LogP contribution in [0.1, 0.15) is 31.5 Å². The van der Waals surface area contributed by atoms with Crippen LogP contribution in [0, 0.1) is 11.2 Å². The van der Waals surface area contributed by atoms with Crippen molar-refractivity contribution >= 4 is 11.5 Å². The monoisotopic (exact) mass is 347 g/mol. The van der Waals surface area contributed by atoms with E-state index < -0.39 is 0 Å². The number of hydrogen-bond donors (Lipinski definition) is 1. The number of fused-ring (bicyclic) bond motifs is 1. The van der Waals surface area contributed by atoms with Gasteiger partial charge in [0, 0.05) is 34.9 Å². The molecule has 0 radical (unpaired) electrons. The van der Waals surface area contributed by atoms with Gasteiger partial charge in [0.05, 0.1) is 0 Å². The number of anilines is 2. The summed E-state index contributed by atoms with van der Waals surface area (Å²) in [5.41, 5.74) is 4.77. The van der Waals surface area contributed by atoms with Crippen LogP contribution in [0.3, 0.4) is 0 Å². The van der Waals surface area contributed by atoms with Crippen molar-refractivity contribution in [3.63, 3.8) is 0 Å². The first-order chi connectivity index (χ1) is 12.5. The Labute approximate surface area is 153 Å². The molecule has 4 heteroatoms. The summed E-state index contributed by atoms with van der Waals surface area (Å²) >= 11 is 0. The molecule has 0 spiro atoms. The van der Waals surface area contributed by atoms with Gasteiger partial charge < -0.3 is 5.32 Å². The highest BCUT2D eigenvalue weighted by molar-refractivity contribution is 5.68. The van der Waals surface area contributed by atoms with Crippen LogP contribution in [0.4, 0.5) is 15.9 Å². The van der Waals surface area contributed by atoms with E-state index in [2.05, 4.69) is 30.2 Å². The predicted octanol–water partition coefficient (Wildman–Crippen LogP) is 5.54. The minimum atomic E-state index is -0.276. The summed E-state index contributed by atoms with van der Waals surface area (Å²) in [6.07, 6.45) is 6.59. The maximum absolute atomic E-state index is 14.5. The molecular weight excluding hydrogens is 325 g/mol. The molecular formula is C22H22FN3. The molecule has 0 saturated heterocycles. The molecule has 3 aromatic rings. The molecule has 4 rings (SSSR count). The number of pyridine rings is 2. The summed E-state index contributed by atoms with van der Waals surface area (Å²) in [7, 11) is 0. The Balaban J connectivity index is 1.58. The van der Waals surface area contributed by atoms with Crippen LogP contribution >= 0.6 is 0 Å². The van der Waals surface area contributed by atoms with Gasteiger partial charge in [-0.05, 0) is 60.6 Å². The average molecular weight is 347 g/mol. The molecule has 0 fully saturated rings. The highest BCUT2D eigenvalue weighted by atomic mass is 19.1. The maximum Gasteiger partial charge on any atom is 0.133 e. The fraction of sp³-hybridized carbons (Fsp3) is 0.273. The minimum absolute atomic E-state index is 0.276. The number of rotatable bonds is 3. The quantitative estimate of drug-likeness (QED) is 0.676. The van der Waals surface area contributed by atoms with Gasteiger partial charge in [-0.1, -0.05) is 26.0 Å². The van der Waals surface area contributed by atoms with E-state index in [0.717, 1.165) is 29.9 Å². The van der Waals surface area contributed by atoms with Gasteiger partial charge in [-0.25, -0.2) is 9.37 Å². The lowest BCUT2D eigenvalue weighted by Gasteiger charge is -2.30. The van der Waals surface area contributed by atoms with Gasteiger partial charge in [0.1, 0.15) is 11.6 Å². The summed E-state index contributed by atoms with van der Waals surface area (Å²) in [6.45, 7) is 4.56. The van der Waals surface area contributed by atoms with E-state index in [1.54, 1.807) is 24.5 Å². The summed E-state index contributed by atoms with van der Waals surface area (Å²) in [4.78, 5) is 8.82. The second kappa shape index (κ2) is 6.52. The van der Waals surface area contributed by atoms with E-state index in [9.17, 15) is 4.39 Å². The molecule has 2 aromatic heterocycles. The zero-order valence-electron chi connectivity index (χ0n) is 15.1. The van der Waals surface area contributed by atoms with Gasteiger partial charge in [-0.3, -0.25) is 4.98 Å². The molecule has 0 atom stereocenters. The molecule has 0 unspecified atom stereocenters. The SMILES string of the molecule is CC1(C)CCc2ccc(Nc3ccc(-c4cccnc4)c(F)c3)nc2C1. The molecule has 26 heavy (non-hydrogen) atoms. The van der Waals surface area contributed by atoms with E-state index in [4.69, 9.17) is 4.98 Å². The smallest absolute Gasteiger partial charge is 0.133 e. The van der Waals surface area contributed by atoms with Crippen molar-refractivity contribution in [1.82, 2.24) is 9.97 Å². The van der Waals surface area contributed by atoms with Crippen LogP contribution in [0.25, 0.3) is 11.1 Å². The number of halogens is 1. The normalized spacial score (nSPS) is 15.3. The van der Waals surface area contributed by atoms with Crippen LogP contribution < -0.4 is 5.32 Å². The molecule has 0 aliphatic heterocycles.